The molecule has 0 saturated carbocycles. The highest BCUT2D eigenvalue weighted by Gasteiger charge is 2.25. The van der Waals surface area contributed by atoms with Crippen LogP contribution in [0.2, 0.25) is 0 Å². The summed E-state index contributed by atoms with van der Waals surface area (Å²) < 4.78 is 6.61. The first-order valence-electron chi connectivity index (χ1n) is 8.87. The number of rotatable bonds is 3. The molecule has 1 N–H and O–H groups in total. The zero-order chi connectivity index (χ0) is 17.2. The Balaban J connectivity index is 1.52. The van der Waals surface area contributed by atoms with Gasteiger partial charge in [0, 0.05) is 50.4 Å². The molecule has 0 bridgehead atoms. The smallest absolute Gasteiger partial charge is 0.138 e. The Labute approximate surface area is 153 Å². The van der Waals surface area contributed by atoms with E-state index in [1.165, 1.54) is 16.8 Å². The van der Waals surface area contributed by atoms with Crippen LogP contribution in [0, 0.1) is 4.64 Å². The van der Waals surface area contributed by atoms with Crippen molar-refractivity contribution in [3.8, 4) is 0 Å². The molecule has 3 heterocycles. The quantitative estimate of drug-likeness (QED) is 0.857. The van der Waals surface area contributed by atoms with Crippen LogP contribution in [0.1, 0.15) is 28.7 Å². The van der Waals surface area contributed by atoms with Crippen molar-refractivity contribution in [2.75, 3.05) is 33.3 Å². The van der Waals surface area contributed by atoms with Gasteiger partial charge in [-0.15, -0.1) is 0 Å². The number of fused-ring (bicyclic) bond motifs is 1. The Bertz CT molecular complexity index is 792. The number of ether oxygens (including phenoxy) is 1. The third kappa shape index (κ3) is 3.82. The van der Waals surface area contributed by atoms with Crippen LogP contribution in [0.15, 0.2) is 30.3 Å². The van der Waals surface area contributed by atoms with E-state index < -0.39 is 0 Å². The van der Waals surface area contributed by atoms with E-state index in [0.29, 0.717) is 0 Å². The molecule has 1 aromatic carbocycles. The molecule has 1 aromatic heterocycles. The largest absolute Gasteiger partial charge is 0.368 e. The highest BCUT2D eigenvalue weighted by atomic mass is 32.1. The van der Waals surface area contributed by atoms with Gasteiger partial charge in [0.1, 0.15) is 16.6 Å². The summed E-state index contributed by atoms with van der Waals surface area (Å²) >= 11 is 5.62. The molecule has 132 valence electrons. The van der Waals surface area contributed by atoms with Gasteiger partial charge in [-0.2, -0.15) is 0 Å². The minimum absolute atomic E-state index is 0.00639. The van der Waals surface area contributed by atoms with Gasteiger partial charge in [0.25, 0.3) is 0 Å². The van der Waals surface area contributed by atoms with E-state index in [0.717, 1.165) is 56.2 Å². The van der Waals surface area contributed by atoms with Crippen molar-refractivity contribution >= 4 is 12.2 Å². The first kappa shape index (κ1) is 16.8. The molecule has 0 radical (unpaired) electrons. The molecule has 0 amide bonds. The highest BCUT2D eigenvalue weighted by Crippen LogP contribution is 2.24. The maximum Gasteiger partial charge on any atom is 0.138 e. The van der Waals surface area contributed by atoms with Crippen molar-refractivity contribution in [1.82, 2.24) is 19.8 Å². The summed E-state index contributed by atoms with van der Waals surface area (Å²) in [5.41, 5.74) is 3.74. The molecule has 2 aliphatic rings. The molecule has 4 rings (SSSR count). The lowest BCUT2D eigenvalue weighted by Gasteiger charge is -2.32. The Morgan fingerprint density at radius 2 is 2.12 bits per heavy atom. The molecular weight excluding hydrogens is 332 g/mol. The van der Waals surface area contributed by atoms with E-state index in [1.807, 2.05) is 0 Å². The molecule has 2 aromatic rings. The van der Waals surface area contributed by atoms with Crippen LogP contribution >= 0.6 is 12.2 Å². The average Bonchev–Trinajstić information content (AvgIpc) is 2.63. The summed E-state index contributed by atoms with van der Waals surface area (Å²) in [7, 11) is 2.12. The van der Waals surface area contributed by atoms with Gasteiger partial charge in [-0.05, 0) is 12.6 Å². The fourth-order valence-electron chi connectivity index (χ4n) is 3.59. The lowest BCUT2D eigenvalue weighted by atomic mass is 10.1. The summed E-state index contributed by atoms with van der Waals surface area (Å²) in [4.78, 5) is 12.9. The maximum absolute atomic E-state index is 5.89. The SMILES string of the molecule is CN1CCOC(c2nc(=S)c3c([nH]2)CCN(Cc2ccccc2)C3)C1. The lowest BCUT2D eigenvalue weighted by Crippen LogP contribution is -2.37. The summed E-state index contributed by atoms with van der Waals surface area (Å²) in [6.07, 6.45) is 0.970. The lowest BCUT2D eigenvalue weighted by molar-refractivity contribution is -0.0257. The van der Waals surface area contributed by atoms with Gasteiger partial charge >= 0.3 is 0 Å². The number of nitrogens with one attached hydrogen (secondary N) is 1. The van der Waals surface area contributed by atoms with Gasteiger partial charge in [0.05, 0.1) is 6.61 Å². The van der Waals surface area contributed by atoms with Crippen molar-refractivity contribution in [2.24, 2.45) is 0 Å². The molecule has 0 aliphatic carbocycles. The van der Waals surface area contributed by atoms with Crippen molar-refractivity contribution < 1.29 is 4.74 Å². The standard InChI is InChI=1S/C19H24N4OS/c1-22-9-10-24-17(13-22)18-20-16-7-8-23(12-15(16)19(25)21-18)11-14-5-3-2-4-6-14/h2-6,17H,7-13H2,1H3,(H,20,21,25). The highest BCUT2D eigenvalue weighted by molar-refractivity contribution is 7.71. The predicted octanol–water partition coefficient (Wildman–Crippen LogP) is 2.70. The molecule has 5 nitrogen and oxygen atoms in total. The number of hydrogen-bond acceptors (Lipinski definition) is 5. The molecule has 25 heavy (non-hydrogen) atoms. The second-order valence-corrected chi connectivity index (χ2v) is 7.34. The number of morpholine rings is 1. The van der Waals surface area contributed by atoms with Crippen molar-refractivity contribution in [2.45, 2.75) is 25.6 Å². The Morgan fingerprint density at radius 1 is 1.28 bits per heavy atom. The first-order chi connectivity index (χ1) is 12.2. The van der Waals surface area contributed by atoms with Gasteiger partial charge in [-0.25, -0.2) is 4.98 Å². The molecule has 0 spiro atoms. The second-order valence-electron chi connectivity index (χ2n) is 6.95. The molecule has 1 fully saturated rings. The predicted molar refractivity (Wildman–Crippen MR) is 99.9 cm³/mol. The van der Waals surface area contributed by atoms with Crippen molar-refractivity contribution in [3.05, 3.63) is 57.6 Å². The summed E-state index contributed by atoms with van der Waals surface area (Å²) in [6, 6.07) is 10.6. The minimum atomic E-state index is -0.00639. The maximum atomic E-state index is 5.89. The van der Waals surface area contributed by atoms with Gasteiger partial charge < -0.3 is 14.6 Å². The van der Waals surface area contributed by atoms with E-state index in [9.17, 15) is 0 Å². The summed E-state index contributed by atoms with van der Waals surface area (Å²) in [6.45, 7) is 5.41. The number of likely N-dealkylation sites (N-methyl/N-ethyl adjacent to an activating group) is 1. The average molecular weight is 356 g/mol. The first-order valence-corrected chi connectivity index (χ1v) is 9.28. The minimum Gasteiger partial charge on any atom is -0.368 e. The zero-order valence-corrected chi connectivity index (χ0v) is 15.4. The monoisotopic (exact) mass is 356 g/mol. The van der Waals surface area contributed by atoms with Crippen LogP contribution in [0.25, 0.3) is 0 Å². The van der Waals surface area contributed by atoms with Crippen LogP contribution in [-0.4, -0.2) is 53.1 Å². The zero-order valence-electron chi connectivity index (χ0n) is 14.6. The van der Waals surface area contributed by atoms with Crippen LogP contribution in [0.4, 0.5) is 0 Å². The molecule has 1 atom stereocenters. The summed E-state index contributed by atoms with van der Waals surface area (Å²) in [5.74, 6) is 0.881. The number of hydrogen-bond donors (Lipinski definition) is 1. The van der Waals surface area contributed by atoms with Crippen LogP contribution < -0.4 is 0 Å². The molecular formula is C19H24N4OS. The second kappa shape index (κ2) is 7.33. The Morgan fingerprint density at radius 3 is 2.92 bits per heavy atom. The number of aromatic amines is 1. The fourth-order valence-corrected chi connectivity index (χ4v) is 3.87. The van der Waals surface area contributed by atoms with Gasteiger partial charge in [-0.3, -0.25) is 4.90 Å². The van der Waals surface area contributed by atoms with E-state index in [1.54, 1.807) is 0 Å². The molecule has 2 aliphatic heterocycles. The van der Waals surface area contributed by atoms with Crippen LogP contribution in [-0.2, 0) is 24.2 Å². The third-order valence-electron chi connectivity index (χ3n) is 5.01. The molecule has 1 saturated heterocycles. The molecule has 1 unspecified atom stereocenters. The topological polar surface area (TPSA) is 44.4 Å². The van der Waals surface area contributed by atoms with Crippen molar-refractivity contribution in [3.63, 3.8) is 0 Å². The number of nitrogens with zero attached hydrogens (tertiary/aromatic N) is 3. The normalized spacial score (nSPS) is 21.9. The molecule has 6 heteroatoms. The number of H-pyrrole nitrogens is 1. The van der Waals surface area contributed by atoms with Crippen LogP contribution in [0.5, 0.6) is 0 Å². The van der Waals surface area contributed by atoms with Crippen molar-refractivity contribution in [1.29, 1.82) is 0 Å². The number of benzene rings is 1. The van der Waals surface area contributed by atoms with E-state index in [4.69, 9.17) is 17.0 Å². The Hall–Kier alpha value is -1.60. The fraction of sp³-hybridized carbons (Fsp3) is 0.474. The summed E-state index contributed by atoms with van der Waals surface area (Å²) in [5, 5.41) is 0. The van der Waals surface area contributed by atoms with Gasteiger partial charge in [0.15, 0.2) is 0 Å². The van der Waals surface area contributed by atoms with E-state index in [2.05, 4.69) is 57.1 Å². The van der Waals surface area contributed by atoms with E-state index in [-0.39, 0.29) is 6.10 Å². The van der Waals surface area contributed by atoms with Gasteiger partial charge in [0.2, 0.25) is 0 Å². The number of aromatic nitrogens is 2. The Kier molecular flexibility index (Phi) is 4.94. The van der Waals surface area contributed by atoms with E-state index >= 15 is 0 Å². The third-order valence-corrected chi connectivity index (χ3v) is 5.34. The van der Waals surface area contributed by atoms with Gasteiger partial charge in [-0.1, -0.05) is 42.5 Å². The van der Waals surface area contributed by atoms with Crippen LogP contribution in [0.3, 0.4) is 0 Å².